The van der Waals surface area contributed by atoms with Gasteiger partial charge in [-0.3, -0.25) is 4.99 Å². The zero-order valence-electron chi connectivity index (χ0n) is 9.12. The molecule has 14 heavy (non-hydrogen) atoms. The molecule has 0 bridgehead atoms. The van der Waals surface area contributed by atoms with Crippen molar-refractivity contribution in [2.45, 2.75) is 32.8 Å². The van der Waals surface area contributed by atoms with Crippen LogP contribution in [-0.2, 0) is 4.74 Å². The molecule has 1 N–H and O–H groups in total. The number of hydrogen-bond donors (Lipinski definition) is 1. The second-order valence-electron chi connectivity index (χ2n) is 4.62. The molecule has 2 aliphatic rings. The number of hydrogen-bond acceptors (Lipinski definition) is 3. The van der Waals surface area contributed by atoms with Crippen molar-refractivity contribution in [1.82, 2.24) is 5.32 Å². The molecule has 2 heterocycles. The molecule has 2 unspecified atom stereocenters. The Morgan fingerprint density at radius 3 is 2.93 bits per heavy atom. The van der Waals surface area contributed by atoms with E-state index in [0.29, 0.717) is 17.9 Å². The van der Waals surface area contributed by atoms with E-state index in [1.807, 2.05) is 0 Å². The fraction of sp³-hybridized carbons (Fsp3) is 0.909. The predicted molar refractivity (Wildman–Crippen MR) is 57.6 cm³/mol. The first-order valence-electron chi connectivity index (χ1n) is 5.69. The maximum absolute atomic E-state index is 5.87. The number of ether oxygens (including phenoxy) is 1. The summed E-state index contributed by atoms with van der Waals surface area (Å²) in [6, 6.07) is 0. The van der Waals surface area contributed by atoms with Gasteiger partial charge in [-0.05, 0) is 25.3 Å². The first-order valence-corrected chi connectivity index (χ1v) is 5.69. The Bertz CT molecular complexity index is 219. The minimum absolute atomic E-state index is 0.326. The topological polar surface area (TPSA) is 33.6 Å². The van der Waals surface area contributed by atoms with Gasteiger partial charge in [-0.1, -0.05) is 13.8 Å². The number of nitrogens with one attached hydrogen (secondary N) is 1. The summed E-state index contributed by atoms with van der Waals surface area (Å²) in [5.41, 5.74) is 0. The van der Waals surface area contributed by atoms with E-state index in [2.05, 4.69) is 24.2 Å². The van der Waals surface area contributed by atoms with Crippen molar-refractivity contribution in [2.24, 2.45) is 16.8 Å². The van der Waals surface area contributed by atoms with Crippen LogP contribution in [-0.4, -0.2) is 31.6 Å². The van der Waals surface area contributed by atoms with Crippen LogP contribution in [0.4, 0.5) is 0 Å². The molecular formula is C11H20N2O. The monoisotopic (exact) mass is 196 g/mol. The van der Waals surface area contributed by atoms with Crippen molar-refractivity contribution >= 4 is 5.90 Å². The van der Waals surface area contributed by atoms with Crippen LogP contribution in [0.5, 0.6) is 0 Å². The van der Waals surface area contributed by atoms with Crippen molar-refractivity contribution in [3.63, 3.8) is 0 Å². The molecule has 3 nitrogen and oxygen atoms in total. The van der Waals surface area contributed by atoms with E-state index in [-0.39, 0.29) is 0 Å². The van der Waals surface area contributed by atoms with Crippen molar-refractivity contribution in [3.05, 3.63) is 0 Å². The molecule has 0 aromatic carbocycles. The van der Waals surface area contributed by atoms with Gasteiger partial charge in [0.05, 0.1) is 6.54 Å². The van der Waals surface area contributed by atoms with Crippen molar-refractivity contribution in [3.8, 4) is 0 Å². The lowest BCUT2D eigenvalue weighted by Gasteiger charge is -2.24. The molecular weight excluding hydrogens is 176 g/mol. The Labute approximate surface area is 85.9 Å². The molecule has 0 amide bonds. The van der Waals surface area contributed by atoms with Crippen LogP contribution in [0, 0.1) is 11.8 Å². The Morgan fingerprint density at radius 2 is 2.36 bits per heavy atom. The normalized spacial score (nSPS) is 32.9. The highest BCUT2D eigenvalue weighted by Crippen LogP contribution is 2.21. The van der Waals surface area contributed by atoms with Gasteiger partial charge in [-0.25, -0.2) is 0 Å². The molecule has 1 fully saturated rings. The quantitative estimate of drug-likeness (QED) is 0.725. The average Bonchev–Trinajstić information content (AvgIpc) is 2.68. The van der Waals surface area contributed by atoms with Crippen LogP contribution in [0.25, 0.3) is 0 Å². The minimum Gasteiger partial charge on any atom is -0.475 e. The zero-order chi connectivity index (χ0) is 9.97. The van der Waals surface area contributed by atoms with E-state index in [1.165, 1.54) is 12.8 Å². The molecule has 0 aliphatic carbocycles. The maximum atomic E-state index is 5.87. The van der Waals surface area contributed by atoms with Crippen molar-refractivity contribution < 1.29 is 4.74 Å². The van der Waals surface area contributed by atoms with E-state index in [1.54, 1.807) is 0 Å². The summed E-state index contributed by atoms with van der Waals surface area (Å²) in [5, 5.41) is 3.39. The summed E-state index contributed by atoms with van der Waals surface area (Å²) in [6.07, 6.45) is 2.81. The lowest BCUT2D eigenvalue weighted by atomic mass is 10.00. The molecule has 2 rings (SSSR count). The first kappa shape index (κ1) is 9.97. The predicted octanol–water partition coefficient (Wildman–Crippen LogP) is 1.44. The van der Waals surface area contributed by atoms with Gasteiger partial charge in [0.1, 0.15) is 6.10 Å². The summed E-state index contributed by atoms with van der Waals surface area (Å²) < 4.78 is 5.87. The Hall–Kier alpha value is -0.570. The van der Waals surface area contributed by atoms with Gasteiger partial charge in [-0.2, -0.15) is 0 Å². The summed E-state index contributed by atoms with van der Waals surface area (Å²) in [6.45, 7) is 7.45. The van der Waals surface area contributed by atoms with Crippen LogP contribution in [0.2, 0.25) is 0 Å². The highest BCUT2D eigenvalue weighted by atomic mass is 16.5. The van der Waals surface area contributed by atoms with Gasteiger partial charge in [0.25, 0.3) is 0 Å². The fourth-order valence-electron chi connectivity index (χ4n) is 2.04. The van der Waals surface area contributed by atoms with E-state index in [0.717, 1.165) is 25.5 Å². The van der Waals surface area contributed by atoms with Crippen LogP contribution >= 0.6 is 0 Å². The van der Waals surface area contributed by atoms with Gasteiger partial charge in [-0.15, -0.1) is 0 Å². The largest absolute Gasteiger partial charge is 0.475 e. The second kappa shape index (κ2) is 4.30. The molecule has 1 saturated heterocycles. The molecule has 2 aliphatic heterocycles. The highest BCUT2D eigenvalue weighted by Gasteiger charge is 2.28. The number of rotatable bonds is 2. The highest BCUT2D eigenvalue weighted by molar-refractivity contribution is 5.80. The van der Waals surface area contributed by atoms with Crippen LogP contribution < -0.4 is 5.32 Å². The molecule has 0 aromatic rings. The summed E-state index contributed by atoms with van der Waals surface area (Å²) in [7, 11) is 0. The third-order valence-corrected chi connectivity index (χ3v) is 3.09. The molecule has 80 valence electrons. The van der Waals surface area contributed by atoms with Crippen LogP contribution in [0.15, 0.2) is 4.99 Å². The third-order valence-electron chi connectivity index (χ3n) is 3.09. The summed E-state index contributed by atoms with van der Waals surface area (Å²) in [5.74, 6) is 2.12. The lowest BCUT2D eigenvalue weighted by molar-refractivity contribution is 0.158. The maximum Gasteiger partial charge on any atom is 0.188 e. The lowest BCUT2D eigenvalue weighted by Crippen LogP contribution is -2.35. The van der Waals surface area contributed by atoms with Gasteiger partial charge in [0, 0.05) is 12.5 Å². The SMILES string of the molecule is CC(C)C1CN=C(C2CCCNC2)O1. The van der Waals surface area contributed by atoms with E-state index >= 15 is 0 Å². The molecule has 0 aromatic heterocycles. The second-order valence-corrected chi connectivity index (χ2v) is 4.62. The van der Waals surface area contributed by atoms with Gasteiger partial charge < -0.3 is 10.1 Å². The number of piperidine rings is 1. The molecule has 0 saturated carbocycles. The summed E-state index contributed by atoms with van der Waals surface area (Å²) >= 11 is 0. The molecule has 2 atom stereocenters. The summed E-state index contributed by atoms with van der Waals surface area (Å²) in [4.78, 5) is 4.52. The minimum atomic E-state index is 0.326. The Kier molecular flexibility index (Phi) is 3.06. The molecule has 0 spiro atoms. The fourth-order valence-corrected chi connectivity index (χ4v) is 2.04. The Morgan fingerprint density at radius 1 is 1.50 bits per heavy atom. The van der Waals surface area contributed by atoms with Crippen LogP contribution in [0.3, 0.4) is 0 Å². The van der Waals surface area contributed by atoms with Gasteiger partial charge in [0.2, 0.25) is 0 Å². The average molecular weight is 196 g/mol. The van der Waals surface area contributed by atoms with Crippen molar-refractivity contribution in [1.29, 1.82) is 0 Å². The van der Waals surface area contributed by atoms with Gasteiger partial charge >= 0.3 is 0 Å². The van der Waals surface area contributed by atoms with Crippen LogP contribution in [0.1, 0.15) is 26.7 Å². The third kappa shape index (κ3) is 2.08. The number of nitrogens with zero attached hydrogens (tertiary/aromatic N) is 1. The first-order chi connectivity index (χ1) is 6.77. The standard InChI is InChI=1S/C11H20N2O/c1-8(2)10-7-13-11(14-10)9-4-3-5-12-6-9/h8-10,12H,3-7H2,1-2H3. The number of aliphatic imine (C=N–C) groups is 1. The molecule has 3 heteroatoms. The zero-order valence-corrected chi connectivity index (χ0v) is 9.12. The van der Waals surface area contributed by atoms with Gasteiger partial charge in [0.15, 0.2) is 5.90 Å². The Balaban J connectivity index is 1.87. The van der Waals surface area contributed by atoms with Crippen molar-refractivity contribution in [2.75, 3.05) is 19.6 Å². The smallest absolute Gasteiger partial charge is 0.188 e. The van der Waals surface area contributed by atoms with E-state index in [9.17, 15) is 0 Å². The van der Waals surface area contributed by atoms with E-state index < -0.39 is 0 Å². The van der Waals surface area contributed by atoms with E-state index in [4.69, 9.17) is 4.74 Å². The molecule has 0 radical (unpaired) electrons.